The van der Waals surface area contributed by atoms with Crippen molar-refractivity contribution in [1.29, 1.82) is 0 Å². The van der Waals surface area contributed by atoms with Crippen molar-refractivity contribution in [2.45, 2.75) is 13.0 Å². The second-order valence-electron chi connectivity index (χ2n) is 3.56. The Balaban J connectivity index is 2.77. The molecule has 0 aliphatic heterocycles. The lowest BCUT2D eigenvalue weighted by molar-refractivity contribution is 0.0691. The van der Waals surface area contributed by atoms with Gasteiger partial charge in [-0.2, -0.15) is 11.8 Å². The molecule has 0 saturated heterocycles. The summed E-state index contributed by atoms with van der Waals surface area (Å²) in [5, 5.41) is 10.3. The summed E-state index contributed by atoms with van der Waals surface area (Å²) in [6, 6.07) is 0.0923. The molecule has 7 heteroatoms. The quantitative estimate of drug-likeness (QED) is 0.884. The Morgan fingerprint density at radius 3 is 2.76 bits per heavy atom. The number of aromatic carboxylic acids is 1. The number of amides is 1. The van der Waals surface area contributed by atoms with Crippen molar-refractivity contribution in [3.05, 3.63) is 16.1 Å². The third-order valence-electron chi connectivity index (χ3n) is 2.30. The van der Waals surface area contributed by atoms with Gasteiger partial charge in [-0.3, -0.25) is 4.79 Å². The number of nitrogens with zero attached hydrogens (tertiary/aromatic N) is 2. The molecule has 0 bridgehead atoms. The minimum atomic E-state index is -1.11. The summed E-state index contributed by atoms with van der Waals surface area (Å²) in [5.41, 5.74) is -0.0794. The van der Waals surface area contributed by atoms with Crippen molar-refractivity contribution in [3.8, 4) is 0 Å². The molecule has 5 nitrogen and oxygen atoms in total. The molecular weight excluding hydrogens is 260 g/mol. The van der Waals surface area contributed by atoms with Crippen molar-refractivity contribution < 1.29 is 14.7 Å². The van der Waals surface area contributed by atoms with Gasteiger partial charge in [0.25, 0.3) is 5.91 Å². The number of hydrogen-bond donors (Lipinski definition) is 1. The van der Waals surface area contributed by atoms with E-state index in [2.05, 4.69) is 4.98 Å². The predicted molar refractivity (Wildman–Crippen MR) is 69.0 cm³/mol. The van der Waals surface area contributed by atoms with E-state index in [4.69, 9.17) is 5.11 Å². The van der Waals surface area contributed by atoms with Gasteiger partial charge in [-0.05, 0) is 13.2 Å². The van der Waals surface area contributed by atoms with Crippen molar-refractivity contribution in [2.24, 2.45) is 0 Å². The van der Waals surface area contributed by atoms with E-state index in [1.807, 2.05) is 13.2 Å². The van der Waals surface area contributed by atoms with Crippen molar-refractivity contribution >= 4 is 35.0 Å². The van der Waals surface area contributed by atoms with Crippen molar-refractivity contribution in [1.82, 2.24) is 9.88 Å². The first kappa shape index (κ1) is 14.0. The van der Waals surface area contributed by atoms with E-state index < -0.39 is 5.97 Å². The Hall–Kier alpha value is -1.08. The average Bonchev–Trinajstić information content (AvgIpc) is 2.76. The number of carbonyl (C=O) groups is 2. The summed E-state index contributed by atoms with van der Waals surface area (Å²) in [6.07, 6.45) is 1.97. The van der Waals surface area contributed by atoms with Gasteiger partial charge < -0.3 is 10.0 Å². The topological polar surface area (TPSA) is 70.5 Å². The molecule has 1 N–H and O–H groups in total. The molecule has 0 aromatic carbocycles. The van der Waals surface area contributed by atoms with E-state index in [1.165, 1.54) is 5.38 Å². The Kier molecular flexibility index (Phi) is 4.95. The van der Waals surface area contributed by atoms with Crippen LogP contribution in [0.25, 0.3) is 0 Å². The van der Waals surface area contributed by atoms with Crippen LogP contribution in [0.5, 0.6) is 0 Å². The van der Waals surface area contributed by atoms with Crippen LogP contribution in [-0.2, 0) is 0 Å². The molecule has 1 rings (SSSR count). The van der Waals surface area contributed by atoms with Crippen LogP contribution < -0.4 is 0 Å². The molecule has 1 aromatic rings. The highest BCUT2D eigenvalue weighted by Gasteiger charge is 2.21. The van der Waals surface area contributed by atoms with Crippen LogP contribution in [0.4, 0.5) is 0 Å². The zero-order valence-corrected chi connectivity index (χ0v) is 11.5. The highest BCUT2D eigenvalue weighted by molar-refractivity contribution is 7.98. The van der Waals surface area contributed by atoms with Crippen LogP contribution in [0.15, 0.2) is 5.38 Å². The van der Waals surface area contributed by atoms with Gasteiger partial charge >= 0.3 is 5.97 Å². The second kappa shape index (κ2) is 6.02. The number of hydrogen-bond acceptors (Lipinski definition) is 5. The second-order valence-corrected chi connectivity index (χ2v) is 5.33. The van der Waals surface area contributed by atoms with Gasteiger partial charge in [-0.25, -0.2) is 9.78 Å². The van der Waals surface area contributed by atoms with E-state index in [-0.39, 0.29) is 22.7 Å². The summed E-state index contributed by atoms with van der Waals surface area (Å²) in [6.45, 7) is 1.94. The van der Waals surface area contributed by atoms with E-state index in [0.29, 0.717) is 0 Å². The fraction of sp³-hybridized carbons (Fsp3) is 0.500. The van der Waals surface area contributed by atoms with Crippen LogP contribution >= 0.6 is 23.1 Å². The van der Waals surface area contributed by atoms with E-state index >= 15 is 0 Å². The van der Waals surface area contributed by atoms with Crippen LogP contribution in [0.1, 0.15) is 27.2 Å². The standard InChI is InChI=1S/C10H14N2O3S2/c1-6(4-16-3)12(2)9(13)8-11-7(5-17-8)10(14)15/h5-6H,4H2,1-3H3,(H,14,15). The Morgan fingerprint density at radius 1 is 1.65 bits per heavy atom. The Labute approximate surface area is 108 Å². The van der Waals surface area contributed by atoms with E-state index in [1.54, 1.807) is 23.7 Å². The molecule has 1 atom stereocenters. The lowest BCUT2D eigenvalue weighted by Crippen LogP contribution is -2.36. The number of carboxylic acids is 1. The normalized spacial score (nSPS) is 12.2. The molecule has 17 heavy (non-hydrogen) atoms. The van der Waals surface area contributed by atoms with Gasteiger partial charge in [0, 0.05) is 24.2 Å². The third kappa shape index (κ3) is 3.44. The van der Waals surface area contributed by atoms with Crippen LogP contribution in [0.3, 0.4) is 0 Å². The maximum absolute atomic E-state index is 12.0. The SMILES string of the molecule is CSCC(C)N(C)C(=O)c1nc(C(=O)O)cs1. The zero-order chi connectivity index (χ0) is 13.0. The number of thiazole rings is 1. The van der Waals surface area contributed by atoms with E-state index in [0.717, 1.165) is 17.1 Å². The fourth-order valence-electron chi connectivity index (χ4n) is 1.17. The largest absolute Gasteiger partial charge is 0.476 e. The van der Waals surface area contributed by atoms with Crippen molar-refractivity contribution in [2.75, 3.05) is 19.1 Å². The average molecular weight is 274 g/mol. The molecule has 0 radical (unpaired) electrons. The maximum atomic E-state index is 12.0. The first-order chi connectivity index (χ1) is 7.97. The molecule has 0 aliphatic carbocycles. The van der Waals surface area contributed by atoms with Crippen LogP contribution in [0, 0.1) is 0 Å². The Bertz CT molecular complexity index is 419. The number of rotatable bonds is 5. The van der Waals surface area contributed by atoms with Crippen LogP contribution in [0.2, 0.25) is 0 Å². The first-order valence-corrected chi connectivity index (χ1v) is 7.19. The molecule has 0 saturated carbocycles. The summed E-state index contributed by atoms with van der Waals surface area (Å²) in [4.78, 5) is 28.0. The summed E-state index contributed by atoms with van der Waals surface area (Å²) < 4.78 is 0. The third-order valence-corrected chi connectivity index (χ3v) is 3.94. The molecule has 94 valence electrons. The molecule has 0 spiro atoms. The molecule has 1 heterocycles. The molecule has 1 unspecified atom stereocenters. The summed E-state index contributed by atoms with van der Waals surface area (Å²) in [5.74, 6) is -0.511. The zero-order valence-electron chi connectivity index (χ0n) is 9.84. The summed E-state index contributed by atoms with van der Waals surface area (Å²) >= 11 is 2.72. The molecule has 1 aromatic heterocycles. The number of thioether (sulfide) groups is 1. The van der Waals surface area contributed by atoms with Gasteiger partial charge in [0.1, 0.15) is 0 Å². The predicted octanol–water partition coefficient (Wildman–Crippen LogP) is 1.66. The number of carboxylic acid groups (broad SMARTS) is 1. The smallest absolute Gasteiger partial charge is 0.355 e. The fourth-order valence-corrected chi connectivity index (χ4v) is 2.65. The minimum Gasteiger partial charge on any atom is -0.476 e. The lowest BCUT2D eigenvalue weighted by atomic mass is 10.3. The highest BCUT2D eigenvalue weighted by atomic mass is 32.2. The minimum absolute atomic E-state index is 0.0794. The monoisotopic (exact) mass is 274 g/mol. The molecule has 0 fully saturated rings. The summed E-state index contributed by atoms with van der Waals surface area (Å²) in [7, 11) is 1.70. The first-order valence-electron chi connectivity index (χ1n) is 4.92. The van der Waals surface area contributed by atoms with Gasteiger partial charge in [-0.1, -0.05) is 0 Å². The van der Waals surface area contributed by atoms with Crippen molar-refractivity contribution in [3.63, 3.8) is 0 Å². The lowest BCUT2D eigenvalue weighted by Gasteiger charge is -2.23. The molecular formula is C10H14N2O3S2. The number of aromatic nitrogens is 1. The molecule has 0 aliphatic rings. The van der Waals surface area contributed by atoms with Gasteiger partial charge in [0.2, 0.25) is 0 Å². The highest BCUT2D eigenvalue weighted by Crippen LogP contribution is 2.14. The van der Waals surface area contributed by atoms with Gasteiger partial charge in [0.15, 0.2) is 10.7 Å². The van der Waals surface area contributed by atoms with Gasteiger partial charge in [0.05, 0.1) is 0 Å². The molecule has 1 amide bonds. The van der Waals surface area contributed by atoms with E-state index in [9.17, 15) is 9.59 Å². The van der Waals surface area contributed by atoms with Crippen LogP contribution in [-0.4, -0.2) is 52.0 Å². The Morgan fingerprint density at radius 2 is 2.29 bits per heavy atom. The number of carbonyl (C=O) groups excluding carboxylic acids is 1. The van der Waals surface area contributed by atoms with Gasteiger partial charge in [-0.15, -0.1) is 11.3 Å². The maximum Gasteiger partial charge on any atom is 0.355 e.